The van der Waals surface area contributed by atoms with Crippen molar-refractivity contribution in [3.05, 3.63) is 0 Å². The molecule has 0 bridgehead atoms. The molecule has 0 spiro atoms. The maximum atomic E-state index is 12.2. The van der Waals surface area contributed by atoms with Gasteiger partial charge in [-0.1, -0.05) is 59.3 Å². The number of hydrogen-bond donors (Lipinski definition) is 1. The fourth-order valence-corrected chi connectivity index (χ4v) is 3.77. The third-order valence-electron chi connectivity index (χ3n) is 5.43. The van der Waals surface area contributed by atoms with Crippen molar-refractivity contribution < 1.29 is 19.4 Å². The molecule has 0 aromatic heterocycles. The first kappa shape index (κ1) is 22.1. The highest BCUT2D eigenvalue weighted by Crippen LogP contribution is 2.35. The van der Waals surface area contributed by atoms with Gasteiger partial charge in [-0.05, 0) is 31.6 Å². The van der Waals surface area contributed by atoms with Gasteiger partial charge in [0.05, 0.1) is 6.10 Å². The zero-order valence-electron chi connectivity index (χ0n) is 16.5. The molecule has 1 aliphatic rings. The van der Waals surface area contributed by atoms with Crippen LogP contribution in [-0.2, 0) is 14.3 Å². The van der Waals surface area contributed by atoms with Crippen molar-refractivity contribution in [3.63, 3.8) is 0 Å². The van der Waals surface area contributed by atoms with Gasteiger partial charge in [0, 0.05) is 18.8 Å². The van der Waals surface area contributed by atoms with Crippen LogP contribution in [0.15, 0.2) is 0 Å². The Bertz CT molecular complexity index is 393. The lowest BCUT2D eigenvalue weighted by atomic mass is 9.89. The van der Waals surface area contributed by atoms with E-state index < -0.39 is 6.10 Å². The van der Waals surface area contributed by atoms with Crippen LogP contribution in [0.25, 0.3) is 0 Å². The largest absolute Gasteiger partial charge is 0.454 e. The van der Waals surface area contributed by atoms with E-state index in [9.17, 15) is 14.7 Å². The van der Waals surface area contributed by atoms with Crippen molar-refractivity contribution in [2.45, 2.75) is 110 Å². The zero-order valence-corrected chi connectivity index (χ0v) is 16.5. The topological polar surface area (TPSA) is 63.6 Å². The van der Waals surface area contributed by atoms with Crippen LogP contribution in [0.2, 0.25) is 0 Å². The lowest BCUT2D eigenvalue weighted by Crippen LogP contribution is -2.30. The molecule has 0 amide bonds. The molecule has 146 valence electrons. The van der Waals surface area contributed by atoms with Gasteiger partial charge >= 0.3 is 5.97 Å². The SMILES string of the molecule is CCCCCCC(=O)OC1C(=O)CC(C)C1CCC(O)CCCCC. The summed E-state index contributed by atoms with van der Waals surface area (Å²) >= 11 is 0. The van der Waals surface area contributed by atoms with Crippen LogP contribution in [0.5, 0.6) is 0 Å². The van der Waals surface area contributed by atoms with Crippen LogP contribution in [0, 0.1) is 11.8 Å². The first-order chi connectivity index (χ1) is 12.0. The van der Waals surface area contributed by atoms with Gasteiger partial charge in [0.25, 0.3) is 0 Å². The van der Waals surface area contributed by atoms with Gasteiger partial charge in [-0.25, -0.2) is 0 Å². The van der Waals surface area contributed by atoms with Crippen molar-refractivity contribution in [2.24, 2.45) is 11.8 Å². The lowest BCUT2D eigenvalue weighted by Gasteiger charge is -2.23. The minimum atomic E-state index is -0.587. The molecule has 0 aliphatic heterocycles. The Morgan fingerprint density at radius 1 is 1.12 bits per heavy atom. The summed E-state index contributed by atoms with van der Waals surface area (Å²) in [5.74, 6) is 0.109. The number of ketones is 1. The molecule has 0 saturated heterocycles. The van der Waals surface area contributed by atoms with E-state index in [4.69, 9.17) is 4.74 Å². The van der Waals surface area contributed by atoms with Gasteiger partial charge in [0.2, 0.25) is 0 Å². The number of rotatable bonds is 13. The van der Waals surface area contributed by atoms with E-state index >= 15 is 0 Å². The van der Waals surface area contributed by atoms with E-state index in [1.807, 2.05) is 0 Å². The summed E-state index contributed by atoms with van der Waals surface area (Å²) in [6.45, 7) is 6.35. The second-order valence-corrected chi connectivity index (χ2v) is 7.76. The van der Waals surface area contributed by atoms with Crippen molar-refractivity contribution >= 4 is 11.8 Å². The molecular weight excluding hydrogens is 316 g/mol. The standard InChI is InChI=1S/C21H38O4/c1-4-6-8-10-12-20(24)25-21-18(16(3)15-19(21)23)14-13-17(22)11-9-7-5-2/h16-18,21-22H,4-15H2,1-3H3. The summed E-state index contributed by atoms with van der Waals surface area (Å²) in [6.07, 6.45) is 9.76. The van der Waals surface area contributed by atoms with E-state index in [1.54, 1.807) is 0 Å². The van der Waals surface area contributed by atoms with Gasteiger partial charge < -0.3 is 9.84 Å². The Morgan fingerprint density at radius 3 is 2.48 bits per heavy atom. The number of hydrogen-bond acceptors (Lipinski definition) is 4. The van der Waals surface area contributed by atoms with E-state index in [2.05, 4.69) is 20.8 Å². The smallest absolute Gasteiger partial charge is 0.306 e. The van der Waals surface area contributed by atoms with Crippen LogP contribution >= 0.6 is 0 Å². The monoisotopic (exact) mass is 354 g/mol. The highest BCUT2D eigenvalue weighted by Gasteiger charge is 2.42. The van der Waals surface area contributed by atoms with Gasteiger partial charge in [0.15, 0.2) is 11.9 Å². The van der Waals surface area contributed by atoms with Crippen LogP contribution in [0.1, 0.15) is 97.8 Å². The number of carbonyl (C=O) groups is 2. The third kappa shape index (κ3) is 8.35. The van der Waals surface area contributed by atoms with Crippen molar-refractivity contribution in [2.75, 3.05) is 0 Å². The van der Waals surface area contributed by atoms with Crippen molar-refractivity contribution in [3.8, 4) is 0 Å². The summed E-state index contributed by atoms with van der Waals surface area (Å²) < 4.78 is 5.55. The molecule has 1 N–H and O–H groups in total. The Morgan fingerprint density at radius 2 is 1.80 bits per heavy atom. The molecule has 0 aromatic rings. The third-order valence-corrected chi connectivity index (χ3v) is 5.43. The molecule has 1 rings (SSSR count). The Hall–Kier alpha value is -0.900. The fourth-order valence-electron chi connectivity index (χ4n) is 3.77. The summed E-state index contributed by atoms with van der Waals surface area (Å²) in [5.41, 5.74) is 0. The Balaban J connectivity index is 2.41. The summed E-state index contributed by atoms with van der Waals surface area (Å²) in [4.78, 5) is 24.3. The average Bonchev–Trinajstić information content (AvgIpc) is 2.83. The molecule has 1 saturated carbocycles. The molecule has 25 heavy (non-hydrogen) atoms. The minimum absolute atomic E-state index is 0.0554. The van der Waals surface area contributed by atoms with Crippen LogP contribution in [0.3, 0.4) is 0 Å². The molecule has 4 heteroatoms. The molecule has 4 nitrogen and oxygen atoms in total. The maximum Gasteiger partial charge on any atom is 0.306 e. The predicted octanol–water partition coefficient (Wildman–Crippen LogP) is 4.82. The number of unbranched alkanes of at least 4 members (excludes halogenated alkanes) is 5. The number of aliphatic hydroxyl groups excluding tert-OH is 1. The maximum absolute atomic E-state index is 12.2. The molecule has 0 radical (unpaired) electrons. The van der Waals surface area contributed by atoms with E-state index in [0.29, 0.717) is 19.3 Å². The summed E-state index contributed by atoms with van der Waals surface area (Å²) in [7, 11) is 0. The number of ether oxygens (including phenoxy) is 1. The zero-order chi connectivity index (χ0) is 18.7. The Labute approximate surface area is 153 Å². The highest BCUT2D eigenvalue weighted by molar-refractivity contribution is 5.88. The van der Waals surface area contributed by atoms with Gasteiger partial charge in [0.1, 0.15) is 0 Å². The average molecular weight is 355 g/mol. The fraction of sp³-hybridized carbons (Fsp3) is 0.905. The Kier molecular flexibility index (Phi) is 11.0. The molecule has 0 aromatic carbocycles. The van der Waals surface area contributed by atoms with Crippen molar-refractivity contribution in [1.29, 1.82) is 0 Å². The van der Waals surface area contributed by atoms with Crippen molar-refractivity contribution in [1.82, 2.24) is 0 Å². The van der Waals surface area contributed by atoms with Gasteiger partial charge in [-0.15, -0.1) is 0 Å². The van der Waals surface area contributed by atoms with Crippen LogP contribution < -0.4 is 0 Å². The number of esters is 1. The molecule has 4 unspecified atom stereocenters. The highest BCUT2D eigenvalue weighted by atomic mass is 16.5. The first-order valence-electron chi connectivity index (χ1n) is 10.4. The van der Waals surface area contributed by atoms with Gasteiger partial charge in [-0.2, -0.15) is 0 Å². The summed E-state index contributed by atoms with van der Waals surface area (Å²) in [6, 6.07) is 0. The number of Topliss-reactive ketones (excluding diaryl/α,β-unsaturated/α-hetero) is 1. The van der Waals surface area contributed by atoms with E-state index in [-0.39, 0.29) is 29.7 Å². The molecule has 0 heterocycles. The number of carbonyl (C=O) groups excluding carboxylic acids is 2. The lowest BCUT2D eigenvalue weighted by molar-refractivity contribution is -0.156. The minimum Gasteiger partial charge on any atom is -0.454 e. The summed E-state index contributed by atoms with van der Waals surface area (Å²) in [5, 5.41) is 10.1. The van der Waals surface area contributed by atoms with Gasteiger partial charge in [-0.3, -0.25) is 9.59 Å². The molecule has 1 fully saturated rings. The predicted molar refractivity (Wildman–Crippen MR) is 100 cm³/mol. The second-order valence-electron chi connectivity index (χ2n) is 7.76. The molecular formula is C21H38O4. The van der Waals surface area contributed by atoms with E-state index in [1.165, 1.54) is 0 Å². The van der Waals surface area contributed by atoms with Crippen LogP contribution in [0.4, 0.5) is 0 Å². The quantitative estimate of drug-likeness (QED) is 0.380. The molecule has 4 atom stereocenters. The molecule has 1 aliphatic carbocycles. The normalized spacial score (nSPS) is 24.5. The first-order valence-corrected chi connectivity index (χ1v) is 10.4. The second kappa shape index (κ2) is 12.5. The van der Waals surface area contributed by atoms with E-state index in [0.717, 1.165) is 57.8 Å². The number of aliphatic hydroxyl groups is 1. The van der Waals surface area contributed by atoms with Crippen LogP contribution in [-0.4, -0.2) is 29.1 Å².